The van der Waals surface area contributed by atoms with E-state index in [2.05, 4.69) is 0 Å². The molecule has 118 valence electrons. The minimum atomic E-state index is -0.759. The van der Waals surface area contributed by atoms with Gasteiger partial charge >= 0.3 is 0 Å². The van der Waals surface area contributed by atoms with Gasteiger partial charge in [-0.1, -0.05) is 0 Å². The molecule has 1 rings (SSSR count). The Labute approximate surface area is 123 Å². The van der Waals surface area contributed by atoms with Crippen LogP contribution in [0, 0.1) is 11.6 Å². The second-order valence-electron chi connectivity index (χ2n) is 4.33. The van der Waals surface area contributed by atoms with E-state index >= 15 is 0 Å². The van der Waals surface area contributed by atoms with Crippen LogP contribution in [0.15, 0.2) is 12.1 Å². The summed E-state index contributed by atoms with van der Waals surface area (Å²) >= 11 is 0. The molecule has 1 aromatic rings. The summed E-state index contributed by atoms with van der Waals surface area (Å²) in [5.41, 5.74) is -0.177. The third kappa shape index (κ3) is 5.40. The van der Waals surface area contributed by atoms with Crippen molar-refractivity contribution in [3.05, 3.63) is 29.3 Å². The van der Waals surface area contributed by atoms with E-state index in [0.29, 0.717) is 45.8 Å². The zero-order chi connectivity index (χ0) is 15.7. The van der Waals surface area contributed by atoms with Gasteiger partial charge in [-0.05, 0) is 26.0 Å². The van der Waals surface area contributed by atoms with E-state index in [9.17, 15) is 13.6 Å². The standard InChI is InChI=1S/C15H21F2NO3/c1-3-20-7-5-18(6-8-21-4-2)15-13(16)9-12(11-19)10-14(15)17/h9-11H,3-8H2,1-2H3. The maximum atomic E-state index is 14.0. The van der Waals surface area contributed by atoms with Crippen LogP contribution in [0.4, 0.5) is 14.5 Å². The molecule has 0 saturated carbocycles. The Hall–Kier alpha value is -1.53. The monoisotopic (exact) mass is 301 g/mol. The topological polar surface area (TPSA) is 38.8 Å². The number of carbonyl (C=O) groups excluding carboxylic acids is 1. The van der Waals surface area contributed by atoms with Crippen molar-refractivity contribution in [2.75, 3.05) is 44.4 Å². The van der Waals surface area contributed by atoms with Gasteiger partial charge in [0.1, 0.15) is 23.6 Å². The van der Waals surface area contributed by atoms with Crippen LogP contribution in [0.3, 0.4) is 0 Å². The molecule has 0 aliphatic rings. The summed E-state index contributed by atoms with van der Waals surface area (Å²) in [7, 11) is 0. The molecule has 0 atom stereocenters. The van der Waals surface area contributed by atoms with Crippen LogP contribution in [-0.4, -0.2) is 45.8 Å². The van der Waals surface area contributed by atoms with Crippen molar-refractivity contribution in [1.29, 1.82) is 0 Å². The number of aldehydes is 1. The van der Waals surface area contributed by atoms with Crippen LogP contribution < -0.4 is 4.90 Å². The van der Waals surface area contributed by atoms with Crippen molar-refractivity contribution in [3.8, 4) is 0 Å². The predicted molar refractivity (Wildman–Crippen MR) is 76.9 cm³/mol. The van der Waals surface area contributed by atoms with Crippen molar-refractivity contribution in [2.45, 2.75) is 13.8 Å². The first-order chi connectivity index (χ1) is 10.1. The van der Waals surface area contributed by atoms with E-state index in [1.807, 2.05) is 13.8 Å². The van der Waals surface area contributed by atoms with Crippen LogP contribution in [-0.2, 0) is 9.47 Å². The van der Waals surface area contributed by atoms with Crippen LogP contribution in [0.2, 0.25) is 0 Å². The molecule has 0 spiro atoms. The molecule has 0 bridgehead atoms. The SMILES string of the molecule is CCOCCN(CCOCC)c1c(F)cc(C=O)cc1F. The Balaban J connectivity index is 2.92. The molecule has 1 aromatic carbocycles. The fourth-order valence-corrected chi connectivity index (χ4v) is 1.93. The van der Waals surface area contributed by atoms with Crippen LogP contribution in [0.25, 0.3) is 0 Å². The summed E-state index contributed by atoms with van der Waals surface area (Å²) in [6, 6.07) is 2.06. The number of hydrogen-bond donors (Lipinski definition) is 0. The lowest BCUT2D eigenvalue weighted by Gasteiger charge is -2.25. The molecule has 6 heteroatoms. The Morgan fingerprint density at radius 2 is 1.52 bits per heavy atom. The highest BCUT2D eigenvalue weighted by molar-refractivity contribution is 5.76. The molecular weight excluding hydrogens is 280 g/mol. The molecule has 0 N–H and O–H groups in total. The van der Waals surface area contributed by atoms with Gasteiger partial charge in [-0.25, -0.2) is 8.78 Å². The van der Waals surface area contributed by atoms with E-state index < -0.39 is 11.6 Å². The van der Waals surface area contributed by atoms with E-state index in [0.717, 1.165) is 12.1 Å². The maximum Gasteiger partial charge on any atom is 0.150 e. The first-order valence-electron chi connectivity index (χ1n) is 6.98. The fraction of sp³-hybridized carbons (Fsp3) is 0.533. The fourth-order valence-electron chi connectivity index (χ4n) is 1.93. The highest BCUT2D eigenvalue weighted by Gasteiger charge is 2.18. The van der Waals surface area contributed by atoms with Crippen molar-refractivity contribution < 1.29 is 23.0 Å². The van der Waals surface area contributed by atoms with E-state index in [-0.39, 0.29) is 11.3 Å². The lowest BCUT2D eigenvalue weighted by molar-refractivity contribution is 0.112. The normalized spacial score (nSPS) is 10.7. The number of hydrogen-bond acceptors (Lipinski definition) is 4. The van der Waals surface area contributed by atoms with Gasteiger partial charge in [-0.2, -0.15) is 0 Å². The highest BCUT2D eigenvalue weighted by atomic mass is 19.1. The number of halogens is 2. The van der Waals surface area contributed by atoms with Gasteiger partial charge < -0.3 is 14.4 Å². The Morgan fingerprint density at radius 3 is 1.90 bits per heavy atom. The highest BCUT2D eigenvalue weighted by Crippen LogP contribution is 2.24. The molecule has 0 amide bonds. The van der Waals surface area contributed by atoms with Gasteiger partial charge in [0.05, 0.1) is 13.2 Å². The Morgan fingerprint density at radius 1 is 1.05 bits per heavy atom. The first kappa shape index (κ1) is 17.5. The second kappa shape index (κ2) is 9.41. The molecular formula is C15H21F2NO3. The van der Waals surface area contributed by atoms with Crippen LogP contribution in [0.5, 0.6) is 0 Å². The Kier molecular flexibility index (Phi) is 7.85. The molecule has 0 fully saturated rings. The molecule has 0 aromatic heterocycles. The number of nitrogens with zero attached hydrogens (tertiary/aromatic N) is 1. The molecule has 0 unspecified atom stereocenters. The molecule has 21 heavy (non-hydrogen) atoms. The van der Waals surface area contributed by atoms with Crippen molar-refractivity contribution in [1.82, 2.24) is 0 Å². The second-order valence-corrected chi connectivity index (χ2v) is 4.33. The number of ether oxygens (including phenoxy) is 2. The maximum absolute atomic E-state index is 14.0. The van der Waals surface area contributed by atoms with Crippen LogP contribution >= 0.6 is 0 Å². The average Bonchev–Trinajstić information content (AvgIpc) is 2.46. The number of rotatable bonds is 10. The van der Waals surface area contributed by atoms with Gasteiger partial charge in [-0.15, -0.1) is 0 Å². The lowest BCUT2D eigenvalue weighted by atomic mass is 10.2. The summed E-state index contributed by atoms with van der Waals surface area (Å²) < 4.78 is 38.6. The van der Waals surface area contributed by atoms with Crippen molar-refractivity contribution in [2.24, 2.45) is 0 Å². The third-order valence-electron chi connectivity index (χ3n) is 2.91. The smallest absolute Gasteiger partial charge is 0.150 e. The van der Waals surface area contributed by atoms with Crippen molar-refractivity contribution >= 4 is 12.0 Å². The molecule has 0 aliphatic carbocycles. The van der Waals surface area contributed by atoms with E-state index in [4.69, 9.17) is 9.47 Å². The molecule has 4 nitrogen and oxygen atoms in total. The quantitative estimate of drug-likeness (QED) is 0.492. The summed E-state index contributed by atoms with van der Waals surface area (Å²) in [4.78, 5) is 12.2. The van der Waals surface area contributed by atoms with Crippen LogP contribution in [0.1, 0.15) is 24.2 Å². The van der Waals surface area contributed by atoms with Gasteiger partial charge in [0.2, 0.25) is 0 Å². The summed E-state index contributed by atoms with van der Waals surface area (Å²) in [6.07, 6.45) is 0.417. The number of anilines is 1. The van der Waals surface area contributed by atoms with E-state index in [1.165, 1.54) is 4.90 Å². The summed E-state index contributed by atoms with van der Waals surface area (Å²) in [6.45, 7) is 6.18. The first-order valence-corrected chi connectivity index (χ1v) is 6.98. The largest absolute Gasteiger partial charge is 0.380 e. The molecule has 0 heterocycles. The van der Waals surface area contributed by atoms with Gasteiger partial charge in [0.25, 0.3) is 0 Å². The number of carbonyl (C=O) groups is 1. The zero-order valence-corrected chi connectivity index (χ0v) is 12.4. The Bertz CT molecular complexity index is 422. The predicted octanol–water partition coefficient (Wildman–Crippen LogP) is 2.66. The lowest BCUT2D eigenvalue weighted by Crippen LogP contribution is -2.32. The van der Waals surface area contributed by atoms with Gasteiger partial charge in [0, 0.05) is 31.9 Å². The van der Waals surface area contributed by atoms with Crippen molar-refractivity contribution in [3.63, 3.8) is 0 Å². The average molecular weight is 301 g/mol. The molecule has 0 radical (unpaired) electrons. The van der Waals surface area contributed by atoms with Gasteiger partial charge in [-0.3, -0.25) is 4.79 Å². The zero-order valence-electron chi connectivity index (χ0n) is 12.4. The minimum absolute atomic E-state index is 0.0247. The summed E-state index contributed by atoms with van der Waals surface area (Å²) in [5, 5.41) is 0. The molecule has 0 aliphatic heterocycles. The van der Waals surface area contributed by atoms with Gasteiger partial charge in [0.15, 0.2) is 0 Å². The summed E-state index contributed by atoms with van der Waals surface area (Å²) in [5.74, 6) is -1.52. The number of benzene rings is 1. The third-order valence-corrected chi connectivity index (χ3v) is 2.91. The molecule has 0 saturated heterocycles. The minimum Gasteiger partial charge on any atom is -0.380 e. The van der Waals surface area contributed by atoms with E-state index in [1.54, 1.807) is 0 Å².